The number of carbonyl (C=O) groups excluding carboxylic acids is 1. The molecule has 0 spiro atoms. The Balaban J connectivity index is 1.82. The normalized spacial score (nSPS) is 11.0. The molecule has 0 radical (unpaired) electrons. The van der Waals surface area contributed by atoms with E-state index in [1.54, 1.807) is 29.4 Å². The molecule has 0 aliphatic heterocycles. The Morgan fingerprint density at radius 1 is 1.03 bits per heavy atom. The van der Waals surface area contributed by atoms with Gasteiger partial charge in [-0.05, 0) is 55.8 Å². The number of aliphatic hydroxyl groups is 1. The first-order valence-electron chi connectivity index (χ1n) is 9.40. The Morgan fingerprint density at radius 3 is 2.38 bits per heavy atom. The molecule has 150 valence electrons. The van der Waals surface area contributed by atoms with E-state index in [2.05, 4.69) is 10.3 Å². The van der Waals surface area contributed by atoms with Crippen LogP contribution in [0.5, 0.6) is 11.5 Å². The van der Waals surface area contributed by atoms with Gasteiger partial charge in [0.2, 0.25) is 0 Å². The van der Waals surface area contributed by atoms with Crippen molar-refractivity contribution in [3.63, 3.8) is 0 Å². The molecular formula is C23H25N3O3. The molecule has 1 aromatic heterocycles. The Labute approximate surface area is 170 Å². The van der Waals surface area contributed by atoms with E-state index in [0.717, 1.165) is 5.56 Å². The lowest BCUT2D eigenvalue weighted by molar-refractivity contribution is 0.0817. The summed E-state index contributed by atoms with van der Waals surface area (Å²) >= 11 is 0. The van der Waals surface area contributed by atoms with Crippen LogP contribution in [-0.4, -0.2) is 33.2 Å². The zero-order valence-corrected chi connectivity index (χ0v) is 16.6. The molecule has 0 atom stereocenters. The topological polar surface area (TPSA) is 74.7 Å². The molecule has 0 fully saturated rings. The third kappa shape index (κ3) is 5.33. The van der Waals surface area contributed by atoms with Gasteiger partial charge in [0.15, 0.2) is 5.75 Å². The number of carbonyl (C=O) groups is 1. The second-order valence-corrected chi connectivity index (χ2v) is 7.25. The summed E-state index contributed by atoms with van der Waals surface area (Å²) in [7, 11) is 0. The van der Waals surface area contributed by atoms with Crippen LogP contribution >= 0.6 is 0 Å². The van der Waals surface area contributed by atoms with Crippen molar-refractivity contribution >= 4 is 11.7 Å². The Bertz CT molecular complexity index is 930. The highest BCUT2D eigenvalue weighted by Crippen LogP contribution is 2.30. The van der Waals surface area contributed by atoms with Crippen molar-refractivity contribution in [1.29, 1.82) is 0 Å². The van der Waals surface area contributed by atoms with E-state index < -0.39 is 5.54 Å². The highest BCUT2D eigenvalue weighted by atomic mass is 16.5. The van der Waals surface area contributed by atoms with Crippen molar-refractivity contribution < 1.29 is 14.6 Å². The minimum atomic E-state index is -0.761. The third-order valence-corrected chi connectivity index (χ3v) is 4.55. The maximum Gasteiger partial charge on any atom is 0.322 e. The van der Waals surface area contributed by atoms with Gasteiger partial charge in [-0.2, -0.15) is 0 Å². The zero-order chi connectivity index (χ0) is 20.7. The highest BCUT2D eigenvalue weighted by molar-refractivity contribution is 5.91. The number of benzene rings is 2. The molecule has 2 aromatic carbocycles. The van der Waals surface area contributed by atoms with E-state index in [1.165, 1.54) is 0 Å². The van der Waals surface area contributed by atoms with E-state index in [4.69, 9.17) is 4.74 Å². The van der Waals surface area contributed by atoms with Crippen molar-refractivity contribution in [2.75, 3.05) is 11.9 Å². The number of hydrogen-bond donors (Lipinski definition) is 2. The van der Waals surface area contributed by atoms with Crippen LogP contribution in [0.15, 0.2) is 79.1 Å². The summed E-state index contributed by atoms with van der Waals surface area (Å²) in [5.41, 5.74) is 0.711. The average molecular weight is 391 g/mol. The summed E-state index contributed by atoms with van der Waals surface area (Å²) < 4.78 is 5.93. The summed E-state index contributed by atoms with van der Waals surface area (Å²) in [4.78, 5) is 18.8. The van der Waals surface area contributed by atoms with Crippen LogP contribution in [0.25, 0.3) is 0 Å². The first-order valence-corrected chi connectivity index (χ1v) is 9.40. The summed E-state index contributed by atoms with van der Waals surface area (Å²) in [6.07, 6.45) is 3.36. The third-order valence-electron chi connectivity index (χ3n) is 4.55. The average Bonchev–Trinajstić information content (AvgIpc) is 2.74. The van der Waals surface area contributed by atoms with Crippen LogP contribution in [0, 0.1) is 0 Å². The van der Waals surface area contributed by atoms with Crippen LogP contribution in [0.1, 0.15) is 19.4 Å². The van der Waals surface area contributed by atoms with Crippen molar-refractivity contribution in [2.45, 2.75) is 25.9 Å². The van der Waals surface area contributed by atoms with Gasteiger partial charge in [0.1, 0.15) is 5.75 Å². The summed E-state index contributed by atoms with van der Waals surface area (Å²) in [5, 5.41) is 12.8. The molecule has 0 saturated carbocycles. The van der Waals surface area contributed by atoms with Crippen LogP contribution in [0.4, 0.5) is 10.5 Å². The number of para-hydroxylation sites is 3. The number of aromatic nitrogens is 1. The second kappa shape index (κ2) is 9.21. The molecule has 0 unspecified atom stereocenters. The molecule has 29 heavy (non-hydrogen) atoms. The largest absolute Gasteiger partial charge is 0.455 e. The van der Waals surface area contributed by atoms with Gasteiger partial charge in [-0.3, -0.25) is 4.98 Å². The maximum absolute atomic E-state index is 13.2. The van der Waals surface area contributed by atoms with Crippen molar-refractivity contribution in [3.05, 3.63) is 84.7 Å². The number of amides is 2. The van der Waals surface area contributed by atoms with Crippen molar-refractivity contribution in [2.24, 2.45) is 0 Å². The molecule has 6 heteroatoms. The van der Waals surface area contributed by atoms with Gasteiger partial charge in [0.05, 0.1) is 17.8 Å². The lowest BCUT2D eigenvalue weighted by atomic mass is 10.0. The van der Waals surface area contributed by atoms with Gasteiger partial charge in [0.25, 0.3) is 0 Å². The molecule has 3 aromatic rings. The SMILES string of the molecule is CC(C)(CO)N(Cc1ccncc1)C(=O)Nc1ccccc1Oc1ccccc1. The molecule has 0 saturated heterocycles. The van der Waals surface area contributed by atoms with Crippen molar-refractivity contribution in [1.82, 2.24) is 9.88 Å². The van der Waals surface area contributed by atoms with E-state index in [0.29, 0.717) is 23.7 Å². The van der Waals surface area contributed by atoms with E-state index in [9.17, 15) is 9.90 Å². The molecule has 2 N–H and O–H groups in total. The molecule has 3 rings (SSSR count). The molecule has 0 aliphatic rings. The number of ether oxygens (including phenoxy) is 1. The number of rotatable bonds is 7. The van der Waals surface area contributed by atoms with Gasteiger partial charge in [0, 0.05) is 18.9 Å². The smallest absolute Gasteiger partial charge is 0.322 e. The summed E-state index contributed by atoms with van der Waals surface area (Å²) in [5.74, 6) is 1.22. The van der Waals surface area contributed by atoms with Gasteiger partial charge >= 0.3 is 6.03 Å². The predicted octanol–water partition coefficient (Wildman–Crippen LogP) is 4.68. The van der Waals surface area contributed by atoms with Gasteiger partial charge in [-0.1, -0.05) is 30.3 Å². The first kappa shape index (κ1) is 20.4. The fraction of sp³-hybridized carbons (Fsp3) is 0.217. The Kier molecular flexibility index (Phi) is 6.46. The Hall–Kier alpha value is -3.38. The minimum absolute atomic E-state index is 0.173. The number of pyridine rings is 1. The van der Waals surface area contributed by atoms with E-state index in [1.807, 2.05) is 68.4 Å². The number of urea groups is 1. The molecule has 0 aliphatic carbocycles. The maximum atomic E-state index is 13.2. The number of nitrogens with one attached hydrogen (secondary N) is 1. The number of nitrogens with zero attached hydrogens (tertiary/aromatic N) is 2. The number of aliphatic hydroxyl groups excluding tert-OH is 1. The predicted molar refractivity (Wildman–Crippen MR) is 113 cm³/mol. The second-order valence-electron chi connectivity index (χ2n) is 7.25. The fourth-order valence-corrected chi connectivity index (χ4v) is 2.77. The lowest BCUT2D eigenvalue weighted by Crippen LogP contribution is -2.51. The van der Waals surface area contributed by atoms with Gasteiger partial charge < -0.3 is 20.1 Å². The molecule has 0 bridgehead atoms. The zero-order valence-electron chi connectivity index (χ0n) is 16.6. The quantitative estimate of drug-likeness (QED) is 0.613. The first-order chi connectivity index (χ1) is 14.0. The molecule has 6 nitrogen and oxygen atoms in total. The summed E-state index contributed by atoms with van der Waals surface area (Å²) in [6, 6.07) is 20.0. The van der Waals surface area contributed by atoms with Gasteiger partial charge in [-0.15, -0.1) is 0 Å². The van der Waals surface area contributed by atoms with Crippen LogP contribution in [-0.2, 0) is 6.54 Å². The molecular weight excluding hydrogens is 366 g/mol. The monoisotopic (exact) mass is 391 g/mol. The van der Waals surface area contributed by atoms with Crippen LogP contribution in [0.3, 0.4) is 0 Å². The number of hydrogen-bond acceptors (Lipinski definition) is 4. The Morgan fingerprint density at radius 2 is 1.69 bits per heavy atom. The minimum Gasteiger partial charge on any atom is -0.455 e. The van der Waals surface area contributed by atoms with E-state index in [-0.39, 0.29) is 12.6 Å². The number of anilines is 1. The fourth-order valence-electron chi connectivity index (χ4n) is 2.77. The van der Waals surface area contributed by atoms with Crippen LogP contribution < -0.4 is 10.1 Å². The standard InChI is InChI=1S/C23H25N3O3/c1-23(2,17-27)26(16-18-12-14-24-15-13-18)22(28)25-20-10-6-7-11-21(20)29-19-8-4-3-5-9-19/h3-15,27H,16-17H2,1-2H3,(H,25,28). The van der Waals surface area contributed by atoms with Crippen LogP contribution in [0.2, 0.25) is 0 Å². The molecule has 1 heterocycles. The van der Waals surface area contributed by atoms with Gasteiger partial charge in [-0.25, -0.2) is 4.79 Å². The van der Waals surface area contributed by atoms with E-state index >= 15 is 0 Å². The summed E-state index contributed by atoms with van der Waals surface area (Å²) in [6.45, 7) is 3.80. The molecule has 2 amide bonds. The van der Waals surface area contributed by atoms with Crippen molar-refractivity contribution in [3.8, 4) is 11.5 Å². The lowest BCUT2D eigenvalue weighted by Gasteiger charge is -2.37. The highest BCUT2D eigenvalue weighted by Gasteiger charge is 2.31.